The fraction of sp³-hybridized carbons (Fsp3) is 0.333. The maximum atomic E-state index is 6.28. The third-order valence-corrected chi connectivity index (χ3v) is 3.86. The summed E-state index contributed by atoms with van der Waals surface area (Å²) in [6, 6.07) is 14.3. The predicted molar refractivity (Wildman–Crippen MR) is 88.9 cm³/mol. The van der Waals surface area contributed by atoms with Crippen LogP contribution >= 0.6 is 11.6 Å². The van der Waals surface area contributed by atoms with Crippen molar-refractivity contribution in [2.45, 2.75) is 39.3 Å². The van der Waals surface area contributed by atoms with Gasteiger partial charge in [0.25, 0.3) is 0 Å². The molecule has 0 bridgehead atoms. The van der Waals surface area contributed by atoms with Crippen LogP contribution in [0.25, 0.3) is 0 Å². The Morgan fingerprint density at radius 2 is 1.86 bits per heavy atom. The highest BCUT2D eigenvalue weighted by atomic mass is 35.5. The highest BCUT2D eigenvalue weighted by molar-refractivity contribution is 6.32. The molecule has 1 unspecified atom stereocenters. The molecule has 0 heterocycles. The van der Waals surface area contributed by atoms with E-state index in [1.807, 2.05) is 18.2 Å². The van der Waals surface area contributed by atoms with Gasteiger partial charge >= 0.3 is 0 Å². The summed E-state index contributed by atoms with van der Waals surface area (Å²) in [7, 11) is 0. The number of rotatable bonds is 6. The summed E-state index contributed by atoms with van der Waals surface area (Å²) in [5.74, 6) is 0.753. The van der Waals surface area contributed by atoms with E-state index >= 15 is 0 Å². The highest BCUT2D eigenvalue weighted by Gasteiger charge is 2.11. The minimum atomic E-state index is 0.130. The molecular weight excluding hydrogens is 282 g/mol. The van der Waals surface area contributed by atoms with Crippen LogP contribution in [0, 0.1) is 6.92 Å². The van der Waals surface area contributed by atoms with Crippen molar-refractivity contribution in [3.05, 3.63) is 64.2 Å². The Labute approximate surface area is 131 Å². The minimum absolute atomic E-state index is 0.130. The molecule has 0 spiro atoms. The summed E-state index contributed by atoms with van der Waals surface area (Å²) in [5, 5.41) is 0.642. The lowest BCUT2D eigenvalue weighted by Crippen LogP contribution is -2.21. The molecule has 3 heteroatoms. The van der Waals surface area contributed by atoms with Crippen LogP contribution in [-0.2, 0) is 13.0 Å². The van der Waals surface area contributed by atoms with E-state index in [0.29, 0.717) is 11.6 Å². The molecule has 21 heavy (non-hydrogen) atoms. The molecule has 2 nitrogen and oxygen atoms in total. The largest absolute Gasteiger partial charge is 0.487 e. The van der Waals surface area contributed by atoms with Crippen LogP contribution in [0.3, 0.4) is 0 Å². The van der Waals surface area contributed by atoms with Crippen molar-refractivity contribution in [3.8, 4) is 5.75 Å². The zero-order valence-electron chi connectivity index (χ0n) is 12.6. The molecule has 0 aliphatic carbocycles. The average Bonchev–Trinajstić information content (AvgIpc) is 2.48. The molecule has 0 aromatic heterocycles. The third-order valence-electron chi connectivity index (χ3n) is 3.56. The van der Waals surface area contributed by atoms with Gasteiger partial charge in [0.1, 0.15) is 12.4 Å². The molecule has 0 aliphatic heterocycles. The number of nitrogens with two attached hydrogens (primary N) is 1. The Hall–Kier alpha value is -1.51. The van der Waals surface area contributed by atoms with E-state index in [2.05, 4.69) is 38.1 Å². The Morgan fingerprint density at radius 1 is 1.14 bits per heavy atom. The zero-order valence-corrected chi connectivity index (χ0v) is 13.4. The van der Waals surface area contributed by atoms with Crippen molar-refractivity contribution in [1.29, 1.82) is 0 Å². The fourth-order valence-corrected chi connectivity index (χ4v) is 2.39. The monoisotopic (exact) mass is 303 g/mol. The van der Waals surface area contributed by atoms with E-state index in [1.54, 1.807) is 0 Å². The fourth-order valence-electron chi connectivity index (χ4n) is 2.14. The first-order chi connectivity index (χ1) is 10.1. The molecule has 1 atom stereocenters. The first-order valence-corrected chi connectivity index (χ1v) is 7.69. The van der Waals surface area contributed by atoms with Crippen molar-refractivity contribution >= 4 is 11.6 Å². The first kappa shape index (κ1) is 15.9. The van der Waals surface area contributed by atoms with E-state index in [4.69, 9.17) is 22.1 Å². The molecule has 2 rings (SSSR count). The Balaban J connectivity index is 2.12. The summed E-state index contributed by atoms with van der Waals surface area (Å²) in [6.07, 6.45) is 1.71. The van der Waals surface area contributed by atoms with Crippen LogP contribution in [-0.4, -0.2) is 6.04 Å². The lowest BCUT2D eigenvalue weighted by Gasteiger charge is -2.16. The summed E-state index contributed by atoms with van der Waals surface area (Å²) in [5.41, 5.74) is 9.49. The van der Waals surface area contributed by atoms with Crippen LogP contribution in [0.5, 0.6) is 5.75 Å². The van der Waals surface area contributed by atoms with Gasteiger partial charge in [-0.3, -0.25) is 0 Å². The van der Waals surface area contributed by atoms with Crippen LogP contribution in [0.15, 0.2) is 42.5 Å². The van der Waals surface area contributed by atoms with Gasteiger partial charge in [-0.05, 0) is 37.0 Å². The van der Waals surface area contributed by atoms with Crippen LogP contribution in [0.1, 0.15) is 30.0 Å². The Morgan fingerprint density at radius 3 is 2.52 bits per heavy atom. The number of benzene rings is 2. The lowest BCUT2D eigenvalue weighted by atomic mass is 10.0. The number of para-hydroxylation sites is 1. The lowest BCUT2D eigenvalue weighted by molar-refractivity contribution is 0.302. The van der Waals surface area contributed by atoms with Gasteiger partial charge in [-0.1, -0.05) is 60.5 Å². The smallest absolute Gasteiger partial charge is 0.141 e. The van der Waals surface area contributed by atoms with Gasteiger partial charge in [0.05, 0.1) is 5.02 Å². The maximum Gasteiger partial charge on any atom is 0.141 e. The van der Waals surface area contributed by atoms with E-state index in [1.165, 1.54) is 5.56 Å². The molecule has 0 radical (unpaired) electrons. The van der Waals surface area contributed by atoms with Gasteiger partial charge < -0.3 is 10.5 Å². The molecule has 0 amide bonds. The zero-order chi connectivity index (χ0) is 15.2. The van der Waals surface area contributed by atoms with Crippen LogP contribution in [0.4, 0.5) is 0 Å². The average molecular weight is 304 g/mol. The quantitative estimate of drug-likeness (QED) is 0.852. The SMILES string of the molecule is CCC(N)Cc1cccc(Cl)c1OCc1ccc(C)cc1. The van der Waals surface area contributed by atoms with Crippen LogP contribution in [0.2, 0.25) is 5.02 Å². The van der Waals surface area contributed by atoms with Gasteiger partial charge in [0.2, 0.25) is 0 Å². The second kappa shape index (κ2) is 7.48. The summed E-state index contributed by atoms with van der Waals surface area (Å²) < 4.78 is 5.95. The summed E-state index contributed by atoms with van der Waals surface area (Å²) >= 11 is 6.28. The van der Waals surface area contributed by atoms with Crippen LogP contribution < -0.4 is 10.5 Å². The predicted octanol–water partition coefficient (Wildman–Crippen LogP) is 4.51. The van der Waals surface area contributed by atoms with E-state index in [9.17, 15) is 0 Å². The molecule has 0 aliphatic rings. The van der Waals surface area contributed by atoms with Crippen molar-refractivity contribution in [2.24, 2.45) is 5.73 Å². The van der Waals surface area contributed by atoms with Crippen molar-refractivity contribution in [2.75, 3.05) is 0 Å². The Bertz CT molecular complexity index is 580. The van der Waals surface area contributed by atoms with E-state index < -0.39 is 0 Å². The molecule has 2 N–H and O–H groups in total. The van der Waals surface area contributed by atoms with E-state index in [0.717, 1.165) is 29.7 Å². The van der Waals surface area contributed by atoms with E-state index in [-0.39, 0.29) is 6.04 Å². The molecule has 0 saturated carbocycles. The topological polar surface area (TPSA) is 35.2 Å². The molecule has 112 valence electrons. The van der Waals surface area contributed by atoms with Gasteiger partial charge in [-0.2, -0.15) is 0 Å². The number of halogens is 1. The minimum Gasteiger partial charge on any atom is -0.487 e. The number of aryl methyl sites for hydroxylation is 1. The van der Waals surface area contributed by atoms with Crippen molar-refractivity contribution in [3.63, 3.8) is 0 Å². The standard InChI is InChI=1S/C18H22ClNO/c1-3-16(20)11-15-5-4-6-17(19)18(15)21-12-14-9-7-13(2)8-10-14/h4-10,16H,3,11-12,20H2,1-2H3. The molecular formula is C18H22ClNO. The van der Waals surface area contributed by atoms with Gasteiger partial charge in [0, 0.05) is 6.04 Å². The van der Waals surface area contributed by atoms with Crippen molar-refractivity contribution in [1.82, 2.24) is 0 Å². The molecule has 2 aromatic rings. The second-order valence-corrected chi connectivity index (χ2v) is 5.78. The van der Waals surface area contributed by atoms with Gasteiger partial charge in [-0.25, -0.2) is 0 Å². The second-order valence-electron chi connectivity index (χ2n) is 5.37. The molecule has 0 saturated heterocycles. The third kappa shape index (κ3) is 4.48. The molecule has 2 aromatic carbocycles. The summed E-state index contributed by atoms with van der Waals surface area (Å²) in [6.45, 7) is 4.67. The first-order valence-electron chi connectivity index (χ1n) is 7.31. The number of ether oxygens (including phenoxy) is 1. The summed E-state index contributed by atoms with van der Waals surface area (Å²) in [4.78, 5) is 0. The number of hydrogen-bond donors (Lipinski definition) is 1. The van der Waals surface area contributed by atoms with Crippen molar-refractivity contribution < 1.29 is 4.74 Å². The van der Waals surface area contributed by atoms with Gasteiger partial charge in [0.15, 0.2) is 0 Å². The maximum absolute atomic E-state index is 6.28. The number of hydrogen-bond acceptors (Lipinski definition) is 2. The Kier molecular flexibility index (Phi) is 5.66. The normalized spacial score (nSPS) is 12.2. The molecule has 0 fully saturated rings. The highest BCUT2D eigenvalue weighted by Crippen LogP contribution is 2.30. The van der Waals surface area contributed by atoms with Gasteiger partial charge in [-0.15, -0.1) is 0 Å².